The molecule has 0 aromatic heterocycles. The highest BCUT2D eigenvalue weighted by Crippen LogP contribution is 2.18. The highest BCUT2D eigenvalue weighted by molar-refractivity contribution is 7.89. The van der Waals surface area contributed by atoms with Crippen LogP contribution in [0.4, 0.5) is 4.39 Å². The number of benzene rings is 1. The van der Waals surface area contributed by atoms with E-state index in [1.165, 1.54) is 0 Å². The van der Waals surface area contributed by atoms with Gasteiger partial charge in [-0.1, -0.05) is 12.1 Å². The molecule has 4 nitrogen and oxygen atoms in total. The molecule has 1 aromatic carbocycles. The Balaban J connectivity index is 1.86. The van der Waals surface area contributed by atoms with Gasteiger partial charge in [-0.15, -0.1) is 0 Å². The Morgan fingerprint density at radius 1 is 1.25 bits per heavy atom. The van der Waals surface area contributed by atoms with Crippen LogP contribution in [0.15, 0.2) is 12.1 Å². The summed E-state index contributed by atoms with van der Waals surface area (Å²) in [5.41, 5.74) is 1.85. The fraction of sp³-hybridized carbons (Fsp3) is 0.571. The molecule has 0 radical (unpaired) electrons. The maximum atomic E-state index is 13.5. The Morgan fingerprint density at radius 3 is 2.40 bits per heavy atom. The molecule has 1 fully saturated rings. The molecule has 2 N–H and O–H groups in total. The molecular formula is C14H21FN2O2S. The lowest BCUT2D eigenvalue weighted by atomic mass is 10.1. The Labute approximate surface area is 119 Å². The van der Waals surface area contributed by atoms with Crippen molar-refractivity contribution in [3.05, 3.63) is 34.6 Å². The molecule has 1 saturated carbocycles. The molecule has 0 unspecified atom stereocenters. The summed E-state index contributed by atoms with van der Waals surface area (Å²) >= 11 is 0. The minimum Gasteiger partial charge on any atom is -0.313 e. The van der Waals surface area contributed by atoms with Crippen LogP contribution in [-0.4, -0.2) is 26.8 Å². The smallest absolute Gasteiger partial charge is 0.213 e. The predicted molar refractivity (Wildman–Crippen MR) is 77.5 cm³/mol. The summed E-state index contributed by atoms with van der Waals surface area (Å²) < 4.78 is 39.7. The van der Waals surface area contributed by atoms with Crippen LogP contribution < -0.4 is 10.0 Å². The van der Waals surface area contributed by atoms with Gasteiger partial charge in [0.15, 0.2) is 0 Å². The number of nitrogens with one attached hydrogen (secondary N) is 2. The quantitative estimate of drug-likeness (QED) is 0.804. The minimum absolute atomic E-state index is 0.0721. The maximum absolute atomic E-state index is 13.5. The van der Waals surface area contributed by atoms with Gasteiger partial charge in [0.1, 0.15) is 5.82 Å². The van der Waals surface area contributed by atoms with Crippen LogP contribution in [0.2, 0.25) is 0 Å². The summed E-state index contributed by atoms with van der Waals surface area (Å²) in [5.74, 6) is -0.159. The number of hydrogen-bond donors (Lipinski definition) is 2. The van der Waals surface area contributed by atoms with E-state index in [9.17, 15) is 12.8 Å². The molecule has 20 heavy (non-hydrogen) atoms. The topological polar surface area (TPSA) is 58.2 Å². The molecule has 0 atom stereocenters. The zero-order valence-electron chi connectivity index (χ0n) is 11.9. The lowest BCUT2D eigenvalue weighted by molar-refractivity contribution is 0.575. The van der Waals surface area contributed by atoms with Gasteiger partial charge in [0.2, 0.25) is 10.0 Å². The minimum atomic E-state index is -3.29. The molecule has 112 valence electrons. The van der Waals surface area contributed by atoms with E-state index in [0.29, 0.717) is 23.7 Å². The second kappa shape index (κ2) is 6.20. The van der Waals surface area contributed by atoms with Crippen molar-refractivity contribution in [2.24, 2.45) is 0 Å². The zero-order valence-corrected chi connectivity index (χ0v) is 12.7. The summed E-state index contributed by atoms with van der Waals surface area (Å²) in [6.45, 7) is 4.04. The van der Waals surface area contributed by atoms with Crippen molar-refractivity contribution in [1.82, 2.24) is 10.0 Å². The van der Waals surface area contributed by atoms with Crippen LogP contribution in [0.5, 0.6) is 0 Å². The maximum Gasteiger partial charge on any atom is 0.213 e. The Bertz CT molecular complexity index is 560. The van der Waals surface area contributed by atoms with Gasteiger partial charge in [-0.05, 0) is 43.4 Å². The van der Waals surface area contributed by atoms with E-state index in [-0.39, 0.29) is 18.1 Å². The predicted octanol–water partition coefficient (Wildman–Crippen LogP) is 1.61. The van der Waals surface area contributed by atoms with Crippen molar-refractivity contribution in [3.8, 4) is 0 Å². The van der Waals surface area contributed by atoms with Crippen LogP contribution in [0, 0.1) is 19.7 Å². The van der Waals surface area contributed by atoms with Gasteiger partial charge in [0, 0.05) is 19.1 Å². The Morgan fingerprint density at radius 2 is 1.85 bits per heavy atom. The highest BCUT2D eigenvalue weighted by Gasteiger charge is 2.21. The van der Waals surface area contributed by atoms with Crippen molar-refractivity contribution >= 4 is 10.0 Å². The van der Waals surface area contributed by atoms with Crippen molar-refractivity contribution in [3.63, 3.8) is 0 Å². The molecule has 1 aliphatic carbocycles. The number of hydrogen-bond acceptors (Lipinski definition) is 3. The molecule has 0 aliphatic heterocycles. The average molecular weight is 300 g/mol. The Hall–Kier alpha value is -0.980. The third-order valence-electron chi connectivity index (χ3n) is 3.37. The second-order valence-electron chi connectivity index (χ2n) is 5.41. The molecule has 6 heteroatoms. The van der Waals surface area contributed by atoms with E-state index in [2.05, 4.69) is 10.0 Å². The first-order valence-corrected chi connectivity index (χ1v) is 8.49. The largest absolute Gasteiger partial charge is 0.313 e. The SMILES string of the molecule is Cc1cc(CNS(=O)(=O)CCNC2CC2)cc(C)c1F. The monoisotopic (exact) mass is 300 g/mol. The van der Waals surface area contributed by atoms with Crippen molar-refractivity contribution in [2.45, 2.75) is 39.3 Å². The normalized spacial score (nSPS) is 15.6. The lowest BCUT2D eigenvalue weighted by Gasteiger charge is -2.09. The first kappa shape index (κ1) is 15.4. The number of sulfonamides is 1. The highest BCUT2D eigenvalue weighted by atomic mass is 32.2. The molecule has 0 spiro atoms. The van der Waals surface area contributed by atoms with Crippen molar-refractivity contribution in [1.29, 1.82) is 0 Å². The van der Waals surface area contributed by atoms with Crippen LogP contribution in [0.1, 0.15) is 29.5 Å². The number of halogens is 1. The average Bonchev–Trinajstić information content (AvgIpc) is 3.17. The molecule has 0 saturated heterocycles. The Kier molecular flexibility index (Phi) is 4.78. The van der Waals surface area contributed by atoms with Crippen LogP contribution in [-0.2, 0) is 16.6 Å². The van der Waals surface area contributed by atoms with Crippen LogP contribution in [0.3, 0.4) is 0 Å². The zero-order chi connectivity index (χ0) is 14.8. The molecular weight excluding hydrogens is 279 g/mol. The van der Waals surface area contributed by atoms with Gasteiger partial charge in [0.05, 0.1) is 5.75 Å². The summed E-state index contributed by atoms with van der Waals surface area (Å²) in [5, 5.41) is 3.17. The van der Waals surface area contributed by atoms with Gasteiger partial charge in [-0.3, -0.25) is 0 Å². The lowest BCUT2D eigenvalue weighted by Crippen LogP contribution is -2.32. The standard InChI is InChI=1S/C14H21FN2O2S/c1-10-7-12(8-11(2)14(10)15)9-17-20(18,19)6-5-16-13-3-4-13/h7-8,13,16-17H,3-6,9H2,1-2H3. The molecule has 0 bridgehead atoms. The molecule has 2 rings (SSSR count). The van der Waals surface area contributed by atoms with Gasteiger partial charge in [-0.25, -0.2) is 17.5 Å². The van der Waals surface area contributed by atoms with E-state index in [1.807, 2.05) is 0 Å². The molecule has 0 heterocycles. The molecule has 0 amide bonds. The first-order valence-electron chi connectivity index (χ1n) is 6.84. The number of aryl methyl sites for hydroxylation is 2. The molecule has 1 aliphatic rings. The summed E-state index contributed by atoms with van der Waals surface area (Å²) in [6, 6.07) is 3.85. The summed E-state index contributed by atoms with van der Waals surface area (Å²) in [4.78, 5) is 0. The third-order valence-corrected chi connectivity index (χ3v) is 4.70. The van der Waals surface area contributed by atoms with Gasteiger partial charge < -0.3 is 5.32 Å². The number of rotatable bonds is 7. The second-order valence-corrected chi connectivity index (χ2v) is 7.34. The van der Waals surface area contributed by atoms with Gasteiger partial charge in [0.25, 0.3) is 0 Å². The van der Waals surface area contributed by atoms with Crippen LogP contribution in [0.25, 0.3) is 0 Å². The summed E-state index contributed by atoms with van der Waals surface area (Å²) in [7, 11) is -3.29. The van der Waals surface area contributed by atoms with Crippen molar-refractivity contribution in [2.75, 3.05) is 12.3 Å². The summed E-state index contributed by atoms with van der Waals surface area (Å²) in [6.07, 6.45) is 2.28. The van der Waals surface area contributed by atoms with Gasteiger partial charge >= 0.3 is 0 Å². The van der Waals surface area contributed by atoms with E-state index >= 15 is 0 Å². The van der Waals surface area contributed by atoms with Gasteiger partial charge in [-0.2, -0.15) is 0 Å². The third kappa shape index (κ3) is 4.54. The first-order chi connectivity index (χ1) is 9.37. The van der Waals surface area contributed by atoms with E-state index in [4.69, 9.17) is 0 Å². The fourth-order valence-electron chi connectivity index (χ4n) is 2.09. The van der Waals surface area contributed by atoms with E-state index in [1.54, 1.807) is 26.0 Å². The van der Waals surface area contributed by atoms with E-state index in [0.717, 1.165) is 18.4 Å². The van der Waals surface area contributed by atoms with Crippen LogP contribution >= 0.6 is 0 Å². The van der Waals surface area contributed by atoms with E-state index < -0.39 is 10.0 Å². The van der Waals surface area contributed by atoms with Crippen molar-refractivity contribution < 1.29 is 12.8 Å². The fourth-order valence-corrected chi connectivity index (χ4v) is 3.01. The molecule has 1 aromatic rings.